The molecule has 8 heteroatoms. The van der Waals surface area contributed by atoms with E-state index in [1.165, 1.54) is 19.3 Å². The van der Waals surface area contributed by atoms with Crippen molar-refractivity contribution >= 4 is 23.4 Å². The molecule has 0 atom stereocenters. The highest BCUT2D eigenvalue weighted by Crippen LogP contribution is 2.39. The molecular formula is C30H41N5O3. The fraction of sp³-hybridized carbons (Fsp3) is 0.533. The predicted octanol–water partition coefficient (Wildman–Crippen LogP) is 3.77. The topological polar surface area (TPSA) is 85.8 Å². The number of benzene rings is 1. The van der Waals surface area contributed by atoms with Crippen molar-refractivity contribution in [2.45, 2.75) is 70.3 Å². The van der Waals surface area contributed by atoms with Crippen molar-refractivity contribution in [2.24, 2.45) is 0 Å². The first-order valence-electron chi connectivity index (χ1n) is 14.1. The molecule has 1 N–H and O–H groups in total. The molecule has 3 heterocycles. The molecule has 1 spiro atoms. The number of hydrogen-bond acceptors (Lipinski definition) is 5. The molecule has 2 aliphatic heterocycles. The average Bonchev–Trinajstić information content (AvgIpc) is 3.20. The van der Waals surface area contributed by atoms with Crippen molar-refractivity contribution in [3.8, 4) is 0 Å². The number of nitrogens with one attached hydrogen (secondary N) is 1. The van der Waals surface area contributed by atoms with Gasteiger partial charge < -0.3 is 20.0 Å². The molecule has 1 aromatic carbocycles. The van der Waals surface area contributed by atoms with Crippen LogP contribution in [0.1, 0.15) is 64.0 Å². The van der Waals surface area contributed by atoms with E-state index in [9.17, 15) is 14.4 Å². The van der Waals surface area contributed by atoms with E-state index in [1.54, 1.807) is 11.1 Å². The first-order valence-corrected chi connectivity index (χ1v) is 14.1. The summed E-state index contributed by atoms with van der Waals surface area (Å²) in [6.07, 6.45) is 9.72. The lowest BCUT2D eigenvalue weighted by atomic mass is 9.85. The van der Waals surface area contributed by atoms with Crippen LogP contribution in [0, 0.1) is 0 Å². The fourth-order valence-corrected chi connectivity index (χ4v) is 5.59. The van der Waals surface area contributed by atoms with Gasteiger partial charge in [0.15, 0.2) is 0 Å². The van der Waals surface area contributed by atoms with E-state index in [1.807, 2.05) is 53.4 Å². The van der Waals surface area contributed by atoms with Gasteiger partial charge in [-0.3, -0.25) is 19.4 Å². The predicted molar refractivity (Wildman–Crippen MR) is 148 cm³/mol. The quantitative estimate of drug-likeness (QED) is 0.432. The number of para-hydroxylation sites is 1. The molecule has 4 rings (SSSR count). The molecule has 2 aromatic rings. The van der Waals surface area contributed by atoms with Gasteiger partial charge in [-0.25, -0.2) is 0 Å². The summed E-state index contributed by atoms with van der Waals surface area (Å²) >= 11 is 0. The lowest BCUT2D eigenvalue weighted by molar-refractivity contribution is -0.140. The molecule has 2 aliphatic rings. The van der Waals surface area contributed by atoms with Crippen molar-refractivity contribution < 1.29 is 14.4 Å². The minimum absolute atomic E-state index is 0.0204. The fourth-order valence-electron chi connectivity index (χ4n) is 5.59. The molecule has 204 valence electrons. The van der Waals surface area contributed by atoms with Gasteiger partial charge in [0.05, 0.1) is 6.67 Å². The number of pyridine rings is 1. The second-order valence-electron chi connectivity index (χ2n) is 10.4. The van der Waals surface area contributed by atoms with E-state index in [0.29, 0.717) is 52.0 Å². The zero-order valence-corrected chi connectivity index (χ0v) is 22.6. The normalized spacial score (nSPS) is 16.8. The summed E-state index contributed by atoms with van der Waals surface area (Å²) in [4.78, 5) is 49.5. The van der Waals surface area contributed by atoms with Gasteiger partial charge in [-0.2, -0.15) is 0 Å². The maximum Gasteiger partial charge on any atom is 0.250 e. The van der Waals surface area contributed by atoms with Crippen LogP contribution in [0.2, 0.25) is 0 Å². The first-order chi connectivity index (χ1) is 18.5. The highest BCUT2D eigenvalue weighted by molar-refractivity contribution is 5.96. The summed E-state index contributed by atoms with van der Waals surface area (Å²) in [5.41, 5.74) is 1.16. The van der Waals surface area contributed by atoms with E-state index >= 15 is 0 Å². The Morgan fingerprint density at radius 2 is 1.71 bits per heavy atom. The van der Waals surface area contributed by atoms with E-state index in [4.69, 9.17) is 0 Å². The van der Waals surface area contributed by atoms with Crippen molar-refractivity contribution in [2.75, 3.05) is 37.7 Å². The highest BCUT2D eigenvalue weighted by atomic mass is 16.2. The number of carbonyl (C=O) groups is 3. The number of piperidine rings is 1. The van der Waals surface area contributed by atoms with E-state index in [2.05, 4.69) is 22.1 Å². The van der Waals surface area contributed by atoms with Gasteiger partial charge in [-0.15, -0.1) is 0 Å². The smallest absolute Gasteiger partial charge is 0.250 e. The SMILES string of the molecule is CCCCCCCC(=O)N1CCC2(CC1)C(=O)N(CC(=O)NCCc1ccccn1)CN2c1ccccc1. The Morgan fingerprint density at radius 3 is 2.42 bits per heavy atom. The van der Waals surface area contributed by atoms with E-state index < -0.39 is 5.54 Å². The van der Waals surface area contributed by atoms with Crippen LogP contribution in [0.15, 0.2) is 54.7 Å². The Labute approximate surface area is 226 Å². The van der Waals surface area contributed by atoms with Crippen LogP contribution >= 0.6 is 0 Å². The van der Waals surface area contributed by atoms with Crippen LogP contribution in [0.25, 0.3) is 0 Å². The van der Waals surface area contributed by atoms with Gasteiger partial charge >= 0.3 is 0 Å². The van der Waals surface area contributed by atoms with Crippen molar-refractivity contribution in [1.29, 1.82) is 0 Å². The van der Waals surface area contributed by atoms with Crippen LogP contribution in [0.3, 0.4) is 0 Å². The third-order valence-electron chi connectivity index (χ3n) is 7.78. The Kier molecular flexibility index (Phi) is 9.73. The maximum absolute atomic E-state index is 13.8. The third kappa shape index (κ3) is 6.71. The first kappa shape index (κ1) is 27.6. The van der Waals surface area contributed by atoms with Crippen LogP contribution < -0.4 is 10.2 Å². The van der Waals surface area contributed by atoms with E-state index in [0.717, 1.165) is 24.2 Å². The van der Waals surface area contributed by atoms with Crippen molar-refractivity contribution in [3.05, 3.63) is 60.4 Å². The Balaban J connectivity index is 1.36. The number of carbonyl (C=O) groups excluding carboxylic acids is 3. The standard InChI is InChI=1S/C30H41N5O3/c1-2-3-4-5-9-15-28(37)33-21-17-30(18-22-33)29(38)34(24-35(30)26-13-7-6-8-14-26)23-27(36)32-20-16-25-12-10-11-19-31-25/h6-8,10-14,19H,2-5,9,15-18,20-24H2,1H3,(H,32,36). The number of rotatable bonds is 12. The molecule has 8 nitrogen and oxygen atoms in total. The minimum Gasteiger partial charge on any atom is -0.354 e. The molecule has 3 amide bonds. The lowest BCUT2D eigenvalue weighted by Crippen LogP contribution is -2.57. The number of amides is 3. The molecular weight excluding hydrogens is 478 g/mol. The number of nitrogens with zero attached hydrogens (tertiary/aromatic N) is 4. The molecule has 38 heavy (non-hydrogen) atoms. The summed E-state index contributed by atoms with van der Waals surface area (Å²) in [5, 5.41) is 2.93. The Hall–Kier alpha value is -3.42. The van der Waals surface area contributed by atoms with Gasteiger partial charge in [0.25, 0.3) is 5.91 Å². The molecule has 0 aliphatic carbocycles. The zero-order valence-electron chi connectivity index (χ0n) is 22.6. The summed E-state index contributed by atoms with van der Waals surface area (Å²) in [5.74, 6) is 0.000110. The second-order valence-corrected chi connectivity index (χ2v) is 10.4. The average molecular weight is 520 g/mol. The summed E-state index contributed by atoms with van der Waals surface area (Å²) in [6.45, 7) is 4.17. The van der Waals surface area contributed by atoms with Crippen LogP contribution in [0.4, 0.5) is 5.69 Å². The number of anilines is 1. The lowest BCUT2D eigenvalue weighted by Gasteiger charge is -2.43. The van der Waals surface area contributed by atoms with Gasteiger partial charge in [0.2, 0.25) is 11.8 Å². The van der Waals surface area contributed by atoms with Gasteiger partial charge in [0.1, 0.15) is 12.1 Å². The molecule has 2 fully saturated rings. The summed E-state index contributed by atoms with van der Waals surface area (Å²) in [7, 11) is 0. The zero-order chi connectivity index (χ0) is 26.8. The van der Waals surface area contributed by atoms with Crippen molar-refractivity contribution in [3.63, 3.8) is 0 Å². The Morgan fingerprint density at radius 1 is 0.974 bits per heavy atom. The molecule has 0 unspecified atom stereocenters. The number of aromatic nitrogens is 1. The number of likely N-dealkylation sites (tertiary alicyclic amines) is 1. The molecule has 2 saturated heterocycles. The second kappa shape index (κ2) is 13.4. The third-order valence-corrected chi connectivity index (χ3v) is 7.78. The van der Waals surface area contributed by atoms with E-state index in [-0.39, 0.29) is 24.3 Å². The number of unbranched alkanes of at least 4 members (excludes halogenated alkanes) is 4. The van der Waals surface area contributed by atoms with Crippen LogP contribution in [-0.4, -0.2) is 70.9 Å². The molecule has 1 aromatic heterocycles. The van der Waals surface area contributed by atoms with Crippen LogP contribution in [-0.2, 0) is 20.8 Å². The monoisotopic (exact) mass is 519 g/mol. The molecule has 0 radical (unpaired) electrons. The molecule has 0 bridgehead atoms. The van der Waals surface area contributed by atoms with Gasteiger partial charge in [-0.1, -0.05) is 56.9 Å². The maximum atomic E-state index is 13.8. The van der Waals surface area contributed by atoms with Gasteiger partial charge in [-0.05, 0) is 43.5 Å². The van der Waals surface area contributed by atoms with Crippen LogP contribution in [0.5, 0.6) is 0 Å². The number of hydrogen-bond donors (Lipinski definition) is 1. The van der Waals surface area contributed by atoms with Crippen molar-refractivity contribution in [1.82, 2.24) is 20.1 Å². The van der Waals surface area contributed by atoms with Gasteiger partial charge in [0, 0.05) is 50.1 Å². The highest BCUT2D eigenvalue weighted by Gasteiger charge is 2.54. The summed E-state index contributed by atoms with van der Waals surface area (Å²) < 4.78 is 0. The Bertz CT molecular complexity index is 1050. The largest absolute Gasteiger partial charge is 0.354 e. The molecule has 0 saturated carbocycles. The summed E-state index contributed by atoms with van der Waals surface area (Å²) in [6, 6.07) is 15.7. The minimum atomic E-state index is -0.729.